The van der Waals surface area contributed by atoms with Gasteiger partial charge in [0.15, 0.2) is 0 Å². The molecule has 0 fully saturated rings. The van der Waals surface area contributed by atoms with Gasteiger partial charge in [-0.3, -0.25) is 4.79 Å². The highest BCUT2D eigenvalue weighted by atomic mass is 32.2. The Labute approximate surface area is 200 Å². The summed E-state index contributed by atoms with van der Waals surface area (Å²) in [5.41, 5.74) is 0.167. The second-order valence-corrected chi connectivity index (χ2v) is 9.71. The molecule has 0 aliphatic carbocycles. The number of thioether (sulfide) groups is 1. The fourth-order valence-electron chi connectivity index (χ4n) is 2.89. The number of hydrogen-bond acceptors (Lipinski definition) is 7. The van der Waals surface area contributed by atoms with Gasteiger partial charge in [-0.2, -0.15) is 17.0 Å². The molecule has 0 heterocycles. The predicted molar refractivity (Wildman–Crippen MR) is 129 cm³/mol. The van der Waals surface area contributed by atoms with Crippen LogP contribution in [0, 0.1) is 11.3 Å². The number of alkyl carbamates (subject to hydrolysis) is 1. The number of methoxy groups -OCH3 is 1. The van der Waals surface area contributed by atoms with Crippen LogP contribution in [0.25, 0.3) is 0 Å². The van der Waals surface area contributed by atoms with E-state index in [1.807, 2.05) is 30.3 Å². The van der Waals surface area contributed by atoms with E-state index in [1.165, 1.54) is 7.11 Å². The molecule has 0 spiro atoms. The van der Waals surface area contributed by atoms with E-state index in [9.17, 15) is 14.4 Å². The molecule has 0 aliphatic heterocycles. The van der Waals surface area contributed by atoms with Crippen molar-refractivity contribution in [3.05, 3.63) is 35.9 Å². The van der Waals surface area contributed by atoms with E-state index in [0.717, 1.165) is 24.2 Å². The fourth-order valence-corrected chi connectivity index (χ4v) is 3.90. The van der Waals surface area contributed by atoms with Crippen molar-refractivity contribution in [2.75, 3.05) is 18.6 Å². The van der Waals surface area contributed by atoms with E-state index in [1.54, 1.807) is 32.5 Å². The normalized spacial score (nSPS) is 12.7. The average Bonchev–Trinajstić information content (AvgIpc) is 2.76. The maximum absolute atomic E-state index is 13.0. The van der Waals surface area contributed by atoms with Crippen LogP contribution in [0.5, 0.6) is 0 Å². The van der Waals surface area contributed by atoms with Crippen molar-refractivity contribution in [1.29, 1.82) is 5.26 Å². The Morgan fingerprint density at radius 1 is 1.06 bits per heavy atom. The molecule has 9 heteroatoms. The summed E-state index contributed by atoms with van der Waals surface area (Å²) in [7, 11) is 1.27. The summed E-state index contributed by atoms with van der Waals surface area (Å²) in [5, 5.41) is 14.0. The number of hydrogen-bond donors (Lipinski definition) is 2. The predicted octanol–water partition coefficient (Wildman–Crippen LogP) is 3.60. The lowest BCUT2D eigenvalue weighted by Crippen LogP contribution is -2.53. The van der Waals surface area contributed by atoms with E-state index in [0.29, 0.717) is 18.6 Å². The number of esters is 1. The SMILES string of the molecule is COC(=O)[C@@H](Cc1ccccc1)NC(=O)[C@H](CCSCCCCC#N)NC(=O)OC(C)(C)C. The molecule has 2 atom stereocenters. The van der Waals surface area contributed by atoms with Gasteiger partial charge in [-0.15, -0.1) is 0 Å². The van der Waals surface area contributed by atoms with Crippen molar-refractivity contribution in [3.8, 4) is 6.07 Å². The first-order valence-electron chi connectivity index (χ1n) is 11.0. The number of carbonyl (C=O) groups excluding carboxylic acids is 3. The molecule has 0 radical (unpaired) electrons. The van der Waals surface area contributed by atoms with Gasteiger partial charge in [0.1, 0.15) is 17.7 Å². The smallest absolute Gasteiger partial charge is 0.408 e. The number of carbonyl (C=O) groups is 3. The molecule has 0 bridgehead atoms. The molecular weight excluding hydrogens is 442 g/mol. The standard InChI is InChI=1S/C24H35N3O5S/c1-24(2,3)32-23(30)27-19(13-16-33-15-10-6-9-14-25)21(28)26-20(22(29)31-4)17-18-11-7-5-8-12-18/h5,7-8,11-12,19-20H,6,9-10,13,15-17H2,1-4H3,(H,26,28)(H,27,30)/t19-,20+/m0/s1. The van der Waals surface area contributed by atoms with Crippen LogP contribution in [0.4, 0.5) is 4.79 Å². The highest BCUT2D eigenvalue weighted by molar-refractivity contribution is 7.99. The summed E-state index contributed by atoms with van der Waals surface area (Å²) < 4.78 is 10.2. The Kier molecular flexibility index (Phi) is 13.0. The summed E-state index contributed by atoms with van der Waals surface area (Å²) in [6.45, 7) is 5.23. The molecule has 33 heavy (non-hydrogen) atoms. The monoisotopic (exact) mass is 477 g/mol. The third kappa shape index (κ3) is 12.8. The number of unbranched alkanes of at least 4 members (excludes halogenated alkanes) is 2. The van der Waals surface area contributed by atoms with Crippen molar-refractivity contribution < 1.29 is 23.9 Å². The minimum Gasteiger partial charge on any atom is -0.467 e. The first-order valence-corrected chi connectivity index (χ1v) is 12.2. The van der Waals surface area contributed by atoms with E-state index in [-0.39, 0.29) is 6.42 Å². The minimum atomic E-state index is -0.883. The number of nitrogens with one attached hydrogen (secondary N) is 2. The van der Waals surface area contributed by atoms with Crippen LogP contribution in [0.3, 0.4) is 0 Å². The molecular formula is C24H35N3O5S. The van der Waals surface area contributed by atoms with Crippen molar-refractivity contribution in [1.82, 2.24) is 10.6 Å². The molecule has 0 unspecified atom stereocenters. The lowest BCUT2D eigenvalue weighted by atomic mass is 10.1. The quantitative estimate of drug-likeness (QED) is 0.329. The van der Waals surface area contributed by atoms with Crippen LogP contribution in [-0.4, -0.2) is 54.3 Å². The van der Waals surface area contributed by atoms with Gasteiger partial charge in [0.05, 0.1) is 13.2 Å². The van der Waals surface area contributed by atoms with Crippen molar-refractivity contribution in [3.63, 3.8) is 0 Å². The first-order chi connectivity index (χ1) is 15.7. The number of rotatable bonds is 13. The fraction of sp³-hybridized carbons (Fsp3) is 0.583. The lowest BCUT2D eigenvalue weighted by molar-refractivity contribution is -0.145. The number of amides is 2. The van der Waals surface area contributed by atoms with Gasteiger partial charge in [-0.1, -0.05) is 30.3 Å². The molecule has 8 nitrogen and oxygen atoms in total. The van der Waals surface area contributed by atoms with Gasteiger partial charge in [0, 0.05) is 12.8 Å². The lowest BCUT2D eigenvalue weighted by Gasteiger charge is -2.25. The van der Waals surface area contributed by atoms with Crippen LogP contribution in [-0.2, 0) is 25.5 Å². The summed E-state index contributed by atoms with van der Waals surface area (Å²) in [6.07, 6.45) is 2.22. The number of benzene rings is 1. The third-order valence-electron chi connectivity index (χ3n) is 4.47. The molecule has 0 saturated carbocycles. The Morgan fingerprint density at radius 2 is 1.76 bits per heavy atom. The zero-order valence-electron chi connectivity index (χ0n) is 19.9. The van der Waals surface area contributed by atoms with Crippen LogP contribution < -0.4 is 10.6 Å². The van der Waals surface area contributed by atoms with Crippen LogP contribution >= 0.6 is 11.8 Å². The molecule has 0 aliphatic rings. The molecule has 0 aromatic heterocycles. The van der Waals surface area contributed by atoms with E-state index in [4.69, 9.17) is 14.7 Å². The zero-order chi connectivity index (χ0) is 24.7. The Balaban J connectivity index is 2.79. The molecule has 1 aromatic carbocycles. The highest BCUT2D eigenvalue weighted by Crippen LogP contribution is 2.12. The van der Waals surface area contributed by atoms with Gasteiger partial charge in [-0.25, -0.2) is 9.59 Å². The van der Waals surface area contributed by atoms with Gasteiger partial charge in [0.2, 0.25) is 5.91 Å². The molecule has 0 saturated heterocycles. The maximum Gasteiger partial charge on any atom is 0.408 e. The van der Waals surface area contributed by atoms with Crippen LogP contribution in [0.15, 0.2) is 30.3 Å². The number of nitrogens with zero attached hydrogens (tertiary/aromatic N) is 1. The molecule has 1 rings (SSSR count). The second kappa shape index (κ2) is 15.2. The molecule has 1 aromatic rings. The molecule has 2 amide bonds. The van der Waals surface area contributed by atoms with Gasteiger partial charge < -0.3 is 20.1 Å². The highest BCUT2D eigenvalue weighted by Gasteiger charge is 2.28. The van der Waals surface area contributed by atoms with Crippen molar-refractivity contribution in [2.24, 2.45) is 0 Å². The minimum absolute atomic E-state index is 0.270. The average molecular weight is 478 g/mol. The summed E-state index contributed by atoms with van der Waals surface area (Å²) >= 11 is 1.65. The van der Waals surface area contributed by atoms with Crippen LogP contribution in [0.2, 0.25) is 0 Å². The topological polar surface area (TPSA) is 118 Å². The van der Waals surface area contributed by atoms with Gasteiger partial charge in [-0.05, 0) is 57.1 Å². The number of ether oxygens (including phenoxy) is 2. The van der Waals surface area contributed by atoms with Crippen molar-refractivity contribution in [2.45, 2.75) is 70.6 Å². The zero-order valence-corrected chi connectivity index (χ0v) is 20.7. The van der Waals surface area contributed by atoms with E-state index < -0.39 is 35.7 Å². The van der Waals surface area contributed by atoms with Crippen LogP contribution in [0.1, 0.15) is 52.0 Å². The number of nitriles is 1. The van der Waals surface area contributed by atoms with E-state index >= 15 is 0 Å². The summed E-state index contributed by atoms with van der Waals surface area (Å²) in [6, 6.07) is 9.67. The maximum atomic E-state index is 13.0. The molecule has 182 valence electrons. The van der Waals surface area contributed by atoms with E-state index in [2.05, 4.69) is 16.7 Å². The Bertz CT molecular complexity index is 790. The second-order valence-electron chi connectivity index (χ2n) is 8.49. The summed E-state index contributed by atoms with van der Waals surface area (Å²) in [5.74, 6) is 0.454. The third-order valence-corrected chi connectivity index (χ3v) is 5.57. The van der Waals surface area contributed by atoms with Gasteiger partial charge >= 0.3 is 12.1 Å². The Morgan fingerprint density at radius 3 is 2.36 bits per heavy atom. The van der Waals surface area contributed by atoms with Gasteiger partial charge in [0.25, 0.3) is 0 Å². The largest absolute Gasteiger partial charge is 0.467 e. The molecule has 2 N–H and O–H groups in total. The summed E-state index contributed by atoms with van der Waals surface area (Å²) in [4.78, 5) is 37.6. The van der Waals surface area contributed by atoms with Crippen molar-refractivity contribution >= 4 is 29.7 Å². The first kappa shape index (κ1) is 28.3. The Hall–Kier alpha value is -2.73.